The smallest absolute Gasteiger partial charge is 0.319 e. The van der Waals surface area contributed by atoms with Gasteiger partial charge in [0, 0.05) is 12.2 Å². The highest BCUT2D eigenvalue weighted by atomic mass is 16.2. The minimum Gasteiger partial charge on any atom is -0.335 e. The van der Waals surface area contributed by atoms with E-state index >= 15 is 0 Å². The second kappa shape index (κ2) is 6.29. The standard InChI is InChI=1S/C17H23N3O/c1-2-12-8-13-5-6-16(14(9-12)10-13)20-17(21)19-15-4-3-7-18-11-15/h3-4,7-8,11,13-14,16H,2,5-6,9-10H2,1H3,(H2,19,20,21). The van der Waals surface area contributed by atoms with E-state index in [1.807, 2.05) is 12.1 Å². The molecule has 0 radical (unpaired) electrons. The maximum Gasteiger partial charge on any atom is 0.319 e. The molecule has 0 aromatic carbocycles. The highest BCUT2D eigenvalue weighted by Crippen LogP contribution is 2.39. The zero-order valence-corrected chi connectivity index (χ0v) is 12.5. The molecule has 21 heavy (non-hydrogen) atoms. The van der Waals surface area contributed by atoms with Crippen LogP contribution in [0.2, 0.25) is 0 Å². The molecule has 2 N–H and O–H groups in total. The Hall–Kier alpha value is -1.84. The van der Waals surface area contributed by atoms with Crippen LogP contribution < -0.4 is 10.6 Å². The number of pyridine rings is 1. The predicted molar refractivity (Wildman–Crippen MR) is 84.0 cm³/mol. The first-order valence-electron chi connectivity index (χ1n) is 7.91. The van der Waals surface area contributed by atoms with Crippen molar-refractivity contribution in [3.63, 3.8) is 0 Å². The number of allylic oxidation sites excluding steroid dienone is 2. The number of carbonyl (C=O) groups is 1. The van der Waals surface area contributed by atoms with E-state index in [0.29, 0.717) is 12.0 Å². The molecular weight excluding hydrogens is 262 g/mol. The number of amides is 2. The Morgan fingerprint density at radius 3 is 3.10 bits per heavy atom. The molecule has 2 aliphatic rings. The van der Waals surface area contributed by atoms with Crippen LogP contribution in [0.25, 0.3) is 0 Å². The summed E-state index contributed by atoms with van der Waals surface area (Å²) >= 11 is 0. The molecule has 112 valence electrons. The van der Waals surface area contributed by atoms with Crippen molar-refractivity contribution in [3.05, 3.63) is 36.2 Å². The van der Waals surface area contributed by atoms with Crippen LogP contribution in [0.3, 0.4) is 0 Å². The van der Waals surface area contributed by atoms with Crippen LogP contribution in [0.4, 0.5) is 10.5 Å². The first-order valence-corrected chi connectivity index (χ1v) is 7.91. The van der Waals surface area contributed by atoms with Crippen LogP contribution in [0.1, 0.15) is 39.0 Å². The van der Waals surface area contributed by atoms with E-state index in [0.717, 1.165) is 30.9 Å². The van der Waals surface area contributed by atoms with Crippen molar-refractivity contribution < 1.29 is 4.79 Å². The minimum atomic E-state index is -0.112. The summed E-state index contributed by atoms with van der Waals surface area (Å²) in [5.41, 5.74) is 2.30. The Kier molecular flexibility index (Phi) is 4.23. The van der Waals surface area contributed by atoms with Gasteiger partial charge in [0.2, 0.25) is 0 Å². The molecule has 2 aliphatic carbocycles. The number of anilines is 1. The van der Waals surface area contributed by atoms with Crippen molar-refractivity contribution in [2.45, 2.75) is 45.1 Å². The molecule has 3 unspecified atom stereocenters. The van der Waals surface area contributed by atoms with Gasteiger partial charge in [-0.05, 0) is 56.1 Å². The summed E-state index contributed by atoms with van der Waals surface area (Å²) in [5.74, 6) is 1.33. The molecule has 1 aromatic heterocycles. The van der Waals surface area contributed by atoms with Gasteiger partial charge >= 0.3 is 6.03 Å². The van der Waals surface area contributed by atoms with Gasteiger partial charge in [-0.2, -0.15) is 0 Å². The van der Waals surface area contributed by atoms with E-state index in [1.54, 1.807) is 18.0 Å². The average Bonchev–Trinajstić information content (AvgIpc) is 2.51. The summed E-state index contributed by atoms with van der Waals surface area (Å²) in [5, 5.41) is 6.02. The van der Waals surface area contributed by atoms with Crippen molar-refractivity contribution in [3.8, 4) is 0 Å². The van der Waals surface area contributed by atoms with Crippen molar-refractivity contribution in [1.82, 2.24) is 10.3 Å². The highest BCUT2D eigenvalue weighted by Gasteiger charge is 2.33. The van der Waals surface area contributed by atoms with Gasteiger partial charge in [-0.1, -0.05) is 18.6 Å². The Balaban J connectivity index is 1.58. The average molecular weight is 285 g/mol. The first-order chi connectivity index (χ1) is 10.2. The molecule has 4 heteroatoms. The van der Waals surface area contributed by atoms with E-state index in [-0.39, 0.29) is 6.03 Å². The number of nitrogens with zero attached hydrogens (tertiary/aromatic N) is 1. The van der Waals surface area contributed by atoms with Crippen LogP contribution in [0.15, 0.2) is 36.2 Å². The van der Waals surface area contributed by atoms with Crippen LogP contribution >= 0.6 is 0 Å². The van der Waals surface area contributed by atoms with Gasteiger partial charge in [0.15, 0.2) is 0 Å². The second-order valence-corrected chi connectivity index (χ2v) is 6.16. The lowest BCUT2D eigenvalue weighted by Gasteiger charge is -2.39. The number of hydrogen-bond donors (Lipinski definition) is 2. The van der Waals surface area contributed by atoms with Gasteiger partial charge in [-0.3, -0.25) is 4.98 Å². The molecule has 2 bridgehead atoms. The summed E-state index contributed by atoms with van der Waals surface area (Å²) in [6.07, 6.45) is 11.6. The number of rotatable bonds is 3. The van der Waals surface area contributed by atoms with Crippen molar-refractivity contribution in [2.75, 3.05) is 5.32 Å². The molecule has 1 aromatic rings. The number of fused-ring (bicyclic) bond motifs is 2. The van der Waals surface area contributed by atoms with Crippen LogP contribution in [-0.4, -0.2) is 17.1 Å². The number of hydrogen-bond acceptors (Lipinski definition) is 2. The van der Waals surface area contributed by atoms with Gasteiger partial charge < -0.3 is 10.6 Å². The third kappa shape index (κ3) is 3.43. The second-order valence-electron chi connectivity index (χ2n) is 6.16. The lowest BCUT2D eigenvalue weighted by Crippen LogP contribution is -2.46. The van der Waals surface area contributed by atoms with Crippen molar-refractivity contribution >= 4 is 11.7 Å². The molecule has 3 rings (SSSR count). The lowest BCUT2D eigenvalue weighted by molar-refractivity contribution is 0.204. The quantitative estimate of drug-likeness (QED) is 0.831. The van der Waals surface area contributed by atoms with E-state index < -0.39 is 0 Å². The molecule has 0 aliphatic heterocycles. The maximum atomic E-state index is 12.1. The fourth-order valence-electron chi connectivity index (χ4n) is 3.64. The number of nitrogens with one attached hydrogen (secondary N) is 2. The van der Waals surface area contributed by atoms with Crippen LogP contribution in [0.5, 0.6) is 0 Å². The molecular formula is C17H23N3O. The molecule has 1 saturated carbocycles. The van der Waals surface area contributed by atoms with E-state index in [2.05, 4.69) is 28.6 Å². The number of aromatic nitrogens is 1. The van der Waals surface area contributed by atoms with E-state index in [4.69, 9.17) is 0 Å². The summed E-state index contributed by atoms with van der Waals surface area (Å²) in [4.78, 5) is 16.1. The zero-order chi connectivity index (χ0) is 14.7. The predicted octanol–water partition coefficient (Wildman–Crippen LogP) is 3.73. The monoisotopic (exact) mass is 285 g/mol. The van der Waals surface area contributed by atoms with Gasteiger partial charge in [0.1, 0.15) is 0 Å². The zero-order valence-electron chi connectivity index (χ0n) is 12.5. The van der Waals surface area contributed by atoms with Gasteiger partial charge in [-0.15, -0.1) is 0 Å². The first kappa shape index (κ1) is 14.1. The summed E-state index contributed by atoms with van der Waals surface area (Å²) in [6, 6.07) is 3.86. The molecule has 0 saturated heterocycles. The van der Waals surface area contributed by atoms with E-state index in [9.17, 15) is 4.79 Å². The summed E-state index contributed by atoms with van der Waals surface area (Å²) < 4.78 is 0. The molecule has 4 nitrogen and oxygen atoms in total. The van der Waals surface area contributed by atoms with Crippen LogP contribution in [0, 0.1) is 11.8 Å². The highest BCUT2D eigenvalue weighted by molar-refractivity contribution is 5.89. The number of urea groups is 1. The largest absolute Gasteiger partial charge is 0.335 e. The number of carbonyl (C=O) groups excluding carboxylic acids is 1. The molecule has 1 heterocycles. The molecule has 3 atom stereocenters. The third-order valence-electron chi connectivity index (χ3n) is 4.71. The molecule has 0 spiro atoms. The minimum absolute atomic E-state index is 0.112. The fourth-order valence-corrected chi connectivity index (χ4v) is 3.64. The van der Waals surface area contributed by atoms with Gasteiger partial charge in [0.05, 0.1) is 11.9 Å². The maximum absolute atomic E-state index is 12.1. The van der Waals surface area contributed by atoms with Gasteiger partial charge in [-0.25, -0.2) is 4.79 Å². The Labute approximate surface area is 126 Å². The third-order valence-corrected chi connectivity index (χ3v) is 4.71. The Bertz CT molecular complexity index is 526. The normalized spacial score (nSPS) is 27.7. The Morgan fingerprint density at radius 1 is 1.43 bits per heavy atom. The Morgan fingerprint density at radius 2 is 2.33 bits per heavy atom. The lowest BCUT2D eigenvalue weighted by atomic mass is 9.70. The topological polar surface area (TPSA) is 54.0 Å². The van der Waals surface area contributed by atoms with Gasteiger partial charge in [0.25, 0.3) is 0 Å². The van der Waals surface area contributed by atoms with Crippen molar-refractivity contribution in [2.24, 2.45) is 11.8 Å². The van der Waals surface area contributed by atoms with Crippen LogP contribution in [-0.2, 0) is 0 Å². The fraction of sp³-hybridized carbons (Fsp3) is 0.529. The van der Waals surface area contributed by atoms with Crippen molar-refractivity contribution in [1.29, 1.82) is 0 Å². The molecule has 2 amide bonds. The summed E-state index contributed by atoms with van der Waals surface area (Å²) in [6.45, 7) is 2.23. The summed E-state index contributed by atoms with van der Waals surface area (Å²) in [7, 11) is 0. The SMILES string of the molecule is CCC1=CC2CCC(NC(=O)Nc3cccnc3)C(C1)C2. The van der Waals surface area contributed by atoms with E-state index in [1.165, 1.54) is 12.8 Å². The molecule has 1 fully saturated rings.